The van der Waals surface area contributed by atoms with E-state index in [9.17, 15) is 0 Å². The summed E-state index contributed by atoms with van der Waals surface area (Å²) in [6.45, 7) is 0. The molecule has 0 radical (unpaired) electrons. The van der Waals surface area contributed by atoms with E-state index >= 15 is 0 Å². The molecule has 10 aromatic rings. The van der Waals surface area contributed by atoms with Crippen molar-refractivity contribution in [2.24, 2.45) is 0 Å². The molecule has 0 atom stereocenters. The number of hydrogen-bond donors (Lipinski definition) is 0. The van der Waals surface area contributed by atoms with Crippen molar-refractivity contribution in [2.45, 2.75) is 0 Å². The van der Waals surface area contributed by atoms with E-state index in [2.05, 4.69) is 181 Å². The predicted octanol–water partition coefficient (Wildman–Crippen LogP) is 13.3. The van der Waals surface area contributed by atoms with Crippen LogP contribution in [0.5, 0.6) is 0 Å². The molecule has 9 aromatic carbocycles. The van der Waals surface area contributed by atoms with Crippen molar-refractivity contribution in [3.05, 3.63) is 176 Å². The molecule has 0 N–H and O–H groups in total. The van der Waals surface area contributed by atoms with Crippen LogP contribution in [0.1, 0.15) is 0 Å². The Labute approximate surface area is 277 Å². The molecule has 0 fully saturated rings. The van der Waals surface area contributed by atoms with Crippen LogP contribution >= 0.6 is 0 Å². The molecule has 1 aromatic heterocycles. The third-order valence-corrected chi connectivity index (χ3v) is 9.80. The van der Waals surface area contributed by atoms with Gasteiger partial charge in [0.2, 0.25) is 0 Å². The van der Waals surface area contributed by atoms with Gasteiger partial charge >= 0.3 is 0 Å². The monoisotopic (exact) mass is 611 g/mol. The van der Waals surface area contributed by atoms with Crippen LogP contribution in [0.4, 0.5) is 17.1 Å². The average molecular weight is 612 g/mol. The zero-order chi connectivity index (χ0) is 31.6. The molecule has 1 heterocycles. The summed E-state index contributed by atoms with van der Waals surface area (Å²) in [4.78, 5) is 2.34. The van der Waals surface area contributed by atoms with Gasteiger partial charge in [0.1, 0.15) is 11.2 Å². The van der Waals surface area contributed by atoms with E-state index in [1.54, 1.807) is 0 Å². The summed E-state index contributed by atoms with van der Waals surface area (Å²) in [5.41, 5.74) is 7.47. The van der Waals surface area contributed by atoms with Crippen molar-refractivity contribution in [1.82, 2.24) is 0 Å². The molecule has 2 nitrogen and oxygen atoms in total. The number of nitrogens with zero attached hydrogens (tertiary/aromatic N) is 1. The Morgan fingerprint density at radius 3 is 1.79 bits per heavy atom. The first-order valence-corrected chi connectivity index (χ1v) is 16.4. The topological polar surface area (TPSA) is 16.4 Å². The number of para-hydroxylation sites is 1. The Kier molecular flexibility index (Phi) is 5.91. The van der Waals surface area contributed by atoms with Crippen LogP contribution in [-0.2, 0) is 0 Å². The van der Waals surface area contributed by atoms with Gasteiger partial charge < -0.3 is 9.32 Å². The Bertz CT molecular complexity index is 2830. The van der Waals surface area contributed by atoms with Crippen molar-refractivity contribution < 1.29 is 4.42 Å². The number of furan rings is 1. The van der Waals surface area contributed by atoms with Gasteiger partial charge in [-0.1, -0.05) is 127 Å². The fourth-order valence-electron chi connectivity index (χ4n) is 7.54. The zero-order valence-electron chi connectivity index (χ0n) is 26.1. The van der Waals surface area contributed by atoms with E-state index in [4.69, 9.17) is 4.42 Å². The highest BCUT2D eigenvalue weighted by atomic mass is 16.3. The summed E-state index contributed by atoms with van der Waals surface area (Å²) in [6, 6.07) is 63.2. The minimum Gasteiger partial charge on any atom is -0.455 e. The van der Waals surface area contributed by atoms with Crippen LogP contribution in [0, 0.1) is 0 Å². The highest BCUT2D eigenvalue weighted by molar-refractivity contribution is 6.21. The maximum Gasteiger partial charge on any atom is 0.143 e. The number of benzene rings is 9. The number of hydrogen-bond acceptors (Lipinski definition) is 2. The summed E-state index contributed by atoms with van der Waals surface area (Å²) >= 11 is 0. The van der Waals surface area contributed by atoms with E-state index in [1.807, 2.05) is 0 Å². The van der Waals surface area contributed by atoms with E-state index < -0.39 is 0 Å². The third-order valence-electron chi connectivity index (χ3n) is 9.80. The van der Waals surface area contributed by atoms with Crippen molar-refractivity contribution in [1.29, 1.82) is 0 Å². The molecule has 0 spiro atoms. The van der Waals surface area contributed by atoms with E-state index in [0.717, 1.165) is 44.4 Å². The van der Waals surface area contributed by atoms with Gasteiger partial charge in [-0.2, -0.15) is 0 Å². The minimum atomic E-state index is 0.882. The highest BCUT2D eigenvalue weighted by Gasteiger charge is 2.20. The first-order chi connectivity index (χ1) is 23.8. The van der Waals surface area contributed by atoms with Gasteiger partial charge in [-0.3, -0.25) is 0 Å². The molecular weight excluding hydrogens is 583 g/mol. The standard InChI is InChI=1S/C46H29NO/c1-2-11-36(12-3-1)47(42-15-8-16-43-45(42)41-28-23-32-10-5-7-14-40(32)46(41)48-43)37-25-21-30(22-26-37)34-24-27-39-35(29-34)20-19-33-18-17-31-9-4-6-13-38(31)44(33)39/h1-29H. The highest BCUT2D eigenvalue weighted by Crippen LogP contribution is 2.44. The lowest BCUT2D eigenvalue weighted by Gasteiger charge is -2.26. The quantitative estimate of drug-likeness (QED) is 0.184. The maximum absolute atomic E-state index is 6.56. The summed E-state index contributed by atoms with van der Waals surface area (Å²) < 4.78 is 6.56. The Morgan fingerprint density at radius 2 is 0.958 bits per heavy atom. The summed E-state index contributed by atoms with van der Waals surface area (Å²) in [5, 5.41) is 12.2. The van der Waals surface area contributed by atoms with E-state index in [-0.39, 0.29) is 0 Å². The van der Waals surface area contributed by atoms with E-state index in [1.165, 1.54) is 48.8 Å². The van der Waals surface area contributed by atoms with Gasteiger partial charge in [-0.05, 0) is 97.4 Å². The van der Waals surface area contributed by atoms with Gasteiger partial charge in [0.25, 0.3) is 0 Å². The molecule has 0 bridgehead atoms. The Balaban J connectivity index is 1.11. The molecule has 0 aliphatic rings. The Morgan fingerprint density at radius 1 is 0.354 bits per heavy atom. The van der Waals surface area contributed by atoms with Gasteiger partial charge in [0.15, 0.2) is 0 Å². The molecular formula is C46H29NO. The van der Waals surface area contributed by atoms with Crippen LogP contribution in [0.3, 0.4) is 0 Å². The van der Waals surface area contributed by atoms with Gasteiger partial charge in [0.05, 0.1) is 11.1 Å². The smallest absolute Gasteiger partial charge is 0.143 e. The van der Waals surface area contributed by atoms with Crippen molar-refractivity contribution >= 4 is 82.1 Å². The van der Waals surface area contributed by atoms with Crippen LogP contribution in [0.25, 0.3) is 76.2 Å². The normalized spacial score (nSPS) is 11.8. The van der Waals surface area contributed by atoms with Crippen molar-refractivity contribution in [3.63, 3.8) is 0 Å². The van der Waals surface area contributed by atoms with Crippen molar-refractivity contribution in [3.8, 4) is 11.1 Å². The first-order valence-electron chi connectivity index (χ1n) is 16.4. The fraction of sp³-hybridized carbons (Fsp3) is 0. The summed E-state index contributed by atoms with van der Waals surface area (Å²) in [6.07, 6.45) is 0. The lowest BCUT2D eigenvalue weighted by atomic mass is 9.94. The summed E-state index contributed by atoms with van der Waals surface area (Å²) in [7, 11) is 0. The number of fused-ring (bicyclic) bond motifs is 10. The first kappa shape index (κ1) is 26.8. The van der Waals surface area contributed by atoms with Gasteiger partial charge in [0, 0.05) is 22.1 Å². The lowest BCUT2D eigenvalue weighted by Crippen LogP contribution is -2.10. The molecule has 0 aliphatic carbocycles. The SMILES string of the molecule is c1ccc(N(c2ccc(-c3ccc4c(ccc5ccc6ccccc6c54)c3)cc2)c2cccc3oc4c5ccccc5ccc4c23)cc1. The second kappa shape index (κ2) is 10.6. The molecule has 48 heavy (non-hydrogen) atoms. The van der Waals surface area contributed by atoms with Crippen LogP contribution in [0.15, 0.2) is 180 Å². The molecule has 2 heteroatoms. The molecule has 0 saturated carbocycles. The van der Waals surface area contributed by atoms with Gasteiger partial charge in [-0.15, -0.1) is 0 Å². The second-order valence-corrected chi connectivity index (χ2v) is 12.5. The molecule has 10 rings (SSSR count). The van der Waals surface area contributed by atoms with Crippen LogP contribution in [-0.4, -0.2) is 0 Å². The average Bonchev–Trinajstić information content (AvgIpc) is 3.55. The molecule has 0 amide bonds. The summed E-state index contributed by atoms with van der Waals surface area (Å²) in [5.74, 6) is 0. The molecule has 0 saturated heterocycles. The van der Waals surface area contributed by atoms with Crippen LogP contribution in [0.2, 0.25) is 0 Å². The third kappa shape index (κ3) is 4.13. The second-order valence-electron chi connectivity index (χ2n) is 12.5. The predicted molar refractivity (Wildman–Crippen MR) is 204 cm³/mol. The molecule has 0 aliphatic heterocycles. The number of rotatable bonds is 4. The largest absolute Gasteiger partial charge is 0.455 e. The Hall–Kier alpha value is -6.38. The molecule has 224 valence electrons. The minimum absolute atomic E-state index is 0.882. The number of anilines is 3. The molecule has 0 unspecified atom stereocenters. The van der Waals surface area contributed by atoms with Crippen molar-refractivity contribution in [2.75, 3.05) is 4.90 Å². The fourth-order valence-corrected chi connectivity index (χ4v) is 7.54. The van der Waals surface area contributed by atoms with Gasteiger partial charge in [-0.25, -0.2) is 0 Å². The van der Waals surface area contributed by atoms with Crippen LogP contribution < -0.4 is 4.90 Å². The zero-order valence-corrected chi connectivity index (χ0v) is 26.1. The van der Waals surface area contributed by atoms with E-state index in [0.29, 0.717) is 0 Å². The maximum atomic E-state index is 6.56. The lowest BCUT2D eigenvalue weighted by molar-refractivity contribution is 0.672.